The van der Waals surface area contributed by atoms with E-state index in [1.165, 1.54) is 64.2 Å². The zero-order chi connectivity index (χ0) is 21.0. The Hall–Kier alpha value is -0.0400. The van der Waals surface area contributed by atoms with Crippen LogP contribution in [0.15, 0.2) is 0 Å². The number of rotatable bonds is 5. The molecule has 0 aromatic carbocycles. The van der Waals surface area contributed by atoms with Crippen LogP contribution in [-0.4, -0.2) is 11.2 Å². The average molecular weight is 403 g/mol. The third-order valence-electron chi connectivity index (χ3n) is 11.2. The van der Waals surface area contributed by atoms with Gasteiger partial charge >= 0.3 is 0 Å². The second-order valence-electron chi connectivity index (χ2n) is 13.2. The molecule has 1 heteroatoms. The largest absolute Gasteiger partial charge is 0.393 e. The fourth-order valence-corrected chi connectivity index (χ4v) is 9.62. The standard InChI is InChI=1S/C28H50O/c1-18(2)8-7-9-19(3)23-12-13-24-22-11-10-21-16-26(29)20(4)17-28(21,6)25(22)14-15-27(23,24)5/h18-26,29H,7-17H2,1-6H3/t19-,20+,21-,22+,23-,24+,25+,26+,27-,28+/m1/s1. The molecule has 0 aromatic rings. The van der Waals surface area contributed by atoms with Gasteiger partial charge in [0.2, 0.25) is 0 Å². The summed E-state index contributed by atoms with van der Waals surface area (Å²) in [7, 11) is 0. The minimum absolute atomic E-state index is 0.0407. The van der Waals surface area contributed by atoms with Crippen molar-refractivity contribution in [3.63, 3.8) is 0 Å². The fourth-order valence-electron chi connectivity index (χ4n) is 9.62. The summed E-state index contributed by atoms with van der Waals surface area (Å²) in [5.74, 6) is 6.92. The number of hydrogen-bond donors (Lipinski definition) is 1. The SMILES string of the molecule is CC(C)CCC[C@@H](C)[C@H]1CC[C@H]2[C@@H]3CC[C@@H]4C[C@H](O)[C@@H](C)C[C@]4(C)[C@H]3CC[C@]12C. The van der Waals surface area contributed by atoms with Crippen molar-refractivity contribution in [3.8, 4) is 0 Å². The summed E-state index contributed by atoms with van der Waals surface area (Å²) in [6.45, 7) is 15.0. The van der Waals surface area contributed by atoms with Crippen LogP contribution in [0.3, 0.4) is 0 Å². The molecule has 4 aliphatic rings. The molecule has 0 unspecified atom stereocenters. The summed E-state index contributed by atoms with van der Waals surface area (Å²) < 4.78 is 0. The zero-order valence-corrected chi connectivity index (χ0v) is 20.4. The molecule has 10 atom stereocenters. The van der Waals surface area contributed by atoms with Crippen molar-refractivity contribution < 1.29 is 5.11 Å². The van der Waals surface area contributed by atoms with E-state index in [-0.39, 0.29) is 6.10 Å². The molecule has 0 aliphatic heterocycles. The van der Waals surface area contributed by atoms with E-state index in [9.17, 15) is 5.11 Å². The minimum Gasteiger partial charge on any atom is -0.393 e. The van der Waals surface area contributed by atoms with Crippen LogP contribution in [0.25, 0.3) is 0 Å². The fraction of sp³-hybridized carbons (Fsp3) is 1.00. The summed E-state index contributed by atoms with van der Waals surface area (Å²) in [4.78, 5) is 0. The molecule has 4 aliphatic carbocycles. The van der Waals surface area contributed by atoms with Crippen LogP contribution in [0.4, 0.5) is 0 Å². The van der Waals surface area contributed by atoms with Gasteiger partial charge in [0.15, 0.2) is 0 Å². The molecule has 0 saturated heterocycles. The quantitative estimate of drug-likeness (QED) is 0.499. The van der Waals surface area contributed by atoms with E-state index in [4.69, 9.17) is 0 Å². The average Bonchev–Trinajstić information content (AvgIpc) is 3.00. The van der Waals surface area contributed by atoms with Gasteiger partial charge < -0.3 is 5.11 Å². The topological polar surface area (TPSA) is 20.2 Å². The highest BCUT2D eigenvalue weighted by Crippen LogP contribution is 2.68. The lowest BCUT2D eigenvalue weighted by atomic mass is 9.43. The molecule has 0 aromatic heterocycles. The summed E-state index contributed by atoms with van der Waals surface area (Å²) in [5, 5.41) is 10.5. The van der Waals surface area contributed by atoms with Crippen LogP contribution in [0.5, 0.6) is 0 Å². The number of aliphatic hydroxyl groups excluding tert-OH is 1. The van der Waals surface area contributed by atoms with E-state index in [1.807, 2.05) is 0 Å². The summed E-state index contributed by atoms with van der Waals surface area (Å²) in [5.41, 5.74) is 1.12. The molecule has 4 fully saturated rings. The molecule has 4 rings (SSSR count). The zero-order valence-electron chi connectivity index (χ0n) is 20.4. The Bertz CT molecular complexity index is 569. The molecular formula is C28H50O. The highest BCUT2D eigenvalue weighted by Gasteiger charge is 2.61. The van der Waals surface area contributed by atoms with Crippen molar-refractivity contribution in [2.45, 2.75) is 118 Å². The van der Waals surface area contributed by atoms with Crippen LogP contribution < -0.4 is 0 Å². The number of aliphatic hydroxyl groups is 1. The van der Waals surface area contributed by atoms with Crippen molar-refractivity contribution in [1.82, 2.24) is 0 Å². The Balaban J connectivity index is 1.47. The van der Waals surface area contributed by atoms with Crippen molar-refractivity contribution in [1.29, 1.82) is 0 Å². The van der Waals surface area contributed by atoms with E-state index >= 15 is 0 Å². The van der Waals surface area contributed by atoms with Gasteiger partial charge in [-0.2, -0.15) is 0 Å². The van der Waals surface area contributed by atoms with E-state index in [0.29, 0.717) is 16.7 Å². The van der Waals surface area contributed by atoms with Gasteiger partial charge in [-0.1, -0.05) is 60.8 Å². The third kappa shape index (κ3) is 3.74. The second-order valence-corrected chi connectivity index (χ2v) is 13.2. The van der Waals surface area contributed by atoms with Crippen LogP contribution in [0.2, 0.25) is 0 Å². The highest BCUT2D eigenvalue weighted by atomic mass is 16.3. The summed E-state index contributed by atoms with van der Waals surface area (Å²) in [6.07, 6.45) is 15.4. The molecule has 0 spiro atoms. The first kappa shape index (κ1) is 22.2. The molecule has 1 N–H and O–H groups in total. The lowest BCUT2D eigenvalue weighted by molar-refractivity contribution is -0.142. The van der Waals surface area contributed by atoms with Crippen LogP contribution in [0, 0.1) is 58.2 Å². The molecule has 0 amide bonds. The predicted molar refractivity (Wildman–Crippen MR) is 124 cm³/mol. The lowest BCUT2D eigenvalue weighted by Gasteiger charge is -2.62. The number of fused-ring (bicyclic) bond motifs is 5. The van der Waals surface area contributed by atoms with Crippen molar-refractivity contribution in [2.24, 2.45) is 58.2 Å². The van der Waals surface area contributed by atoms with Gasteiger partial charge in [-0.25, -0.2) is 0 Å². The predicted octanol–water partition coefficient (Wildman–Crippen LogP) is 7.71. The normalized spacial score (nSPS) is 50.7. The maximum absolute atomic E-state index is 10.5. The number of hydrogen-bond acceptors (Lipinski definition) is 1. The molecule has 168 valence electrons. The highest BCUT2D eigenvalue weighted by molar-refractivity contribution is 5.10. The lowest BCUT2D eigenvalue weighted by Crippen LogP contribution is -2.55. The van der Waals surface area contributed by atoms with Gasteiger partial charge in [-0.05, 0) is 110 Å². The molecule has 1 nitrogen and oxygen atoms in total. The van der Waals surface area contributed by atoms with Crippen LogP contribution >= 0.6 is 0 Å². The van der Waals surface area contributed by atoms with E-state index in [1.54, 1.807) is 0 Å². The maximum atomic E-state index is 10.5. The molecule has 0 heterocycles. The third-order valence-corrected chi connectivity index (χ3v) is 11.2. The first-order valence-electron chi connectivity index (χ1n) is 13.3. The Morgan fingerprint density at radius 2 is 1.62 bits per heavy atom. The van der Waals surface area contributed by atoms with Gasteiger partial charge in [0.25, 0.3) is 0 Å². The molecule has 0 radical (unpaired) electrons. The molecular weight excluding hydrogens is 352 g/mol. The van der Waals surface area contributed by atoms with Crippen molar-refractivity contribution >= 4 is 0 Å². The van der Waals surface area contributed by atoms with Gasteiger partial charge in [0.05, 0.1) is 6.10 Å². The first-order chi connectivity index (χ1) is 13.7. The van der Waals surface area contributed by atoms with Gasteiger partial charge in [-0.3, -0.25) is 0 Å². The smallest absolute Gasteiger partial charge is 0.0568 e. The van der Waals surface area contributed by atoms with E-state index in [2.05, 4.69) is 41.5 Å². The van der Waals surface area contributed by atoms with Crippen molar-refractivity contribution in [3.05, 3.63) is 0 Å². The summed E-state index contributed by atoms with van der Waals surface area (Å²) in [6, 6.07) is 0. The van der Waals surface area contributed by atoms with E-state index < -0.39 is 0 Å². The molecule has 4 saturated carbocycles. The Morgan fingerprint density at radius 3 is 2.34 bits per heavy atom. The second kappa shape index (κ2) is 8.14. The first-order valence-corrected chi connectivity index (χ1v) is 13.3. The van der Waals surface area contributed by atoms with Gasteiger partial charge in [-0.15, -0.1) is 0 Å². The molecule has 0 bridgehead atoms. The maximum Gasteiger partial charge on any atom is 0.0568 e. The Kier molecular flexibility index (Phi) is 6.22. The Labute approximate surface area is 181 Å². The minimum atomic E-state index is -0.0407. The van der Waals surface area contributed by atoms with Crippen molar-refractivity contribution in [2.75, 3.05) is 0 Å². The van der Waals surface area contributed by atoms with Gasteiger partial charge in [0, 0.05) is 0 Å². The van der Waals surface area contributed by atoms with Crippen LogP contribution in [-0.2, 0) is 0 Å². The van der Waals surface area contributed by atoms with Crippen LogP contribution in [0.1, 0.15) is 112 Å². The molecule has 29 heavy (non-hydrogen) atoms. The van der Waals surface area contributed by atoms with Gasteiger partial charge in [0.1, 0.15) is 0 Å². The van der Waals surface area contributed by atoms with E-state index in [0.717, 1.165) is 47.8 Å². The summed E-state index contributed by atoms with van der Waals surface area (Å²) >= 11 is 0. The Morgan fingerprint density at radius 1 is 0.897 bits per heavy atom. The monoisotopic (exact) mass is 402 g/mol.